The zero-order valence-corrected chi connectivity index (χ0v) is 14.4. The van der Waals surface area contributed by atoms with Crippen LogP contribution in [0.2, 0.25) is 0 Å². The van der Waals surface area contributed by atoms with Gasteiger partial charge >= 0.3 is 5.97 Å². The van der Waals surface area contributed by atoms with Gasteiger partial charge in [-0.1, -0.05) is 24.3 Å². The SMILES string of the molecule is C=CC(CC(=O)O)Cc1ccc(OCCc2cccc(NC)n2)cc1. The van der Waals surface area contributed by atoms with Gasteiger partial charge in [-0.3, -0.25) is 4.79 Å². The van der Waals surface area contributed by atoms with Gasteiger partial charge in [-0.25, -0.2) is 4.98 Å². The van der Waals surface area contributed by atoms with Crippen molar-refractivity contribution in [1.82, 2.24) is 4.98 Å². The second-order valence-corrected chi connectivity index (χ2v) is 5.80. The van der Waals surface area contributed by atoms with Gasteiger partial charge < -0.3 is 15.2 Å². The largest absolute Gasteiger partial charge is 0.493 e. The number of aromatic nitrogens is 1. The normalized spacial score (nSPS) is 11.6. The van der Waals surface area contributed by atoms with Crippen LogP contribution in [-0.4, -0.2) is 29.7 Å². The topological polar surface area (TPSA) is 71.5 Å². The fraction of sp³-hybridized carbons (Fsp3) is 0.300. The van der Waals surface area contributed by atoms with Crippen molar-refractivity contribution in [3.8, 4) is 5.75 Å². The van der Waals surface area contributed by atoms with Crippen molar-refractivity contribution < 1.29 is 14.6 Å². The van der Waals surface area contributed by atoms with Gasteiger partial charge in [0.25, 0.3) is 0 Å². The molecule has 2 aromatic rings. The molecule has 0 radical (unpaired) electrons. The number of benzene rings is 1. The van der Waals surface area contributed by atoms with E-state index in [1.54, 1.807) is 6.08 Å². The van der Waals surface area contributed by atoms with E-state index < -0.39 is 5.97 Å². The van der Waals surface area contributed by atoms with Crippen LogP contribution in [-0.2, 0) is 17.6 Å². The highest BCUT2D eigenvalue weighted by molar-refractivity contribution is 5.67. The third-order valence-electron chi connectivity index (χ3n) is 3.88. The molecule has 2 N–H and O–H groups in total. The predicted octanol–water partition coefficient (Wildman–Crippen LogP) is 3.56. The Hall–Kier alpha value is -2.82. The number of pyridine rings is 1. The van der Waals surface area contributed by atoms with Crippen LogP contribution < -0.4 is 10.1 Å². The molecule has 0 fully saturated rings. The lowest BCUT2D eigenvalue weighted by Crippen LogP contribution is -2.08. The average molecular weight is 340 g/mol. The Kier molecular flexibility index (Phi) is 7.01. The Morgan fingerprint density at radius 1 is 1.32 bits per heavy atom. The highest BCUT2D eigenvalue weighted by Gasteiger charge is 2.10. The minimum Gasteiger partial charge on any atom is -0.493 e. The number of anilines is 1. The fourth-order valence-electron chi connectivity index (χ4n) is 2.52. The Morgan fingerprint density at radius 2 is 2.08 bits per heavy atom. The molecule has 1 heterocycles. The van der Waals surface area contributed by atoms with E-state index in [2.05, 4.69) is 16.9 Å². The third kappa shape index (κ3) is 6.30. The number of aliphatic carboxylic acids is 1. The molecule has 1 aromatic carbocycles. The van der Waals surface area contributed by atoms with Gasteiger partial charge in [0, 0.05) is 19.2 Å². The number of allylic oxidation sites excluding steroid dienone is 1. The molecule has 1 aromatic heterocycles. The summed E-state index contributed by atoms with van der Waals surface area (Å²) >= 11 is 0. The number of hydrogen-bond donors (Lipinski definition) is 2. The Bertz CT molecular complexity index is 698. The van der Waals surface area contributed by atoms with Gasteiger partial charge in [0.05, 0.1) is 13.0 Å². The maximum absolute atomic E-state index is 10.8. The Balaban J connectivity index is 1.83. The molecule has 25 heavy (non-hydrogen) atoms. The Labute approximate surface area is 148 Å². The van der Waals surface area contributed by atoms with E-state index in [9.17, 15) is 4.79 Å². The number of nitrogens with one attached hydrogen (secondary N) is 1. The molecule has 132 valence electrons. The van der Waals surface area contributed by atoms with Gasteiger partial charge in [-0.05, 0) is 42.2 Å². The second kappa shape index (κ2) is 9.47. The summed E-state index contributed by atoms with van der Waals surface area (Å²) in [6, 6.07) is 13.6. The lowest BCUT2D eigenvalue weighted by Gasteiger charge is -2.11. The molecular weight excluding hydrogens is 316 g/mol. The summed E-state index contributed by atoms with van der Waals surface area (Å²) in [5.41, 5.74) is 2.05. The summed E-state index contributed by atoms with van der Waals surface area (Å²) in [5.74, 6) is 0.775. The van der Waals surface area contributed by atoms with E-state index in [0.717, 1.165) is 29.2 Å². The van der Waals surface area contributed by atoms with Crippen LogP contribution >= 0.6 is 0 Å². The molecule has 0 aliphatic heterocycles. The molecule has 0 bridgehead atoms. The van der Waals surface area contributed by atoms with Crippen LogP contribution in [0.25, 0.3) is 0 Å². The highest BCUT2D eigenvalue weighted by Crippen LogP contribution is 2.18. The lowest BCUT2D eigenvalue weighted by molar-refractivity contribution is -0.137. The molecule has 0 amide bonds. The van der Waals surface area contributed by atoms with Crippen molar-refractivity contribution in [3.63, 3.8) is 0 Å². The van der Waals surface area contributed by atoms with E-state index in [1.807, 2.05) is 49.5 Å². The smallest absolute Gasteiger partial charge is 0.303 e. The van der Waals surface area contributed by atoms with Gasteiger partial charge in [0.15, 0.2) is 0 Å². The van der Waals surface area contributed by atoms with Crippen LogP contribution in [0.15, 0.2) is 55.1 Å². The summed E-state index contributed by atoms with van der Waals surface area (Å²) in [4.78, 5) is 15.3. The number of hydrogen-bond acceptors (Lipinski definition) is 4. The lowest BCUT2D eigenvalue weighted by atomic mass is 9.96. The highest BCUT2D eigenvalue weighted by atomic mass is 16.5. The first-order chi connectivity index (χ1) is 12.1. The third-order valence-corrected chi connectivity index (χ3v) is 3.88. The first-order valence-corrected chi connectivity index (χ1v) is 8.30. The molecule has 0 spiro atoms. The van der Waals surface area contributed by atoms with Crippen molar-refractivity contribution in [2.45, 2.75) is 19.3 Å². The number of carboxylic acid groups (broad SMARTS) is 1. The molecular formula is C20H24N2O3. The molecule has 1 unspecified atom stereocenters. The van der Waals surface area contributed by atoms with Crippen molar-refractivity contribution in [1.29, 1.82) is 0 Å². The summed E-state index contributed by atoms with van der Waals surface area (Å²) in [5, 5.41) is 11.9. The van der Waals surface area contributed by atoms with E-state index >= 15 is 0 Å². The number of rotatable bonds is 10. The van der Waals surface area contributed by atoms with E-state index in [1.165, 1.54) is 0 Å². The fourth-order valence-corrected chi connectivity index (χ4v) is 2.52. The quantitative estimate of drug-likeness (QED) is 0.647. The van der Waals surface area contributed by atoms with E-state index in [0.29, 0.717) is 13.0 Å². The van der Waals surface area contributed by atoms with E-state index in [-0.39, 0.29) is 12.3 Å². The molecule has 0 saturated carbocycles. The molecule has 0 saturated heterocycles. The van der Waals surface area contributed by atoms with Crippen molar-refractivity contribution in [2.24, 2.45) is 5.92 Å². The summed E-state index contributed by atoms with van der Waals surface area (Å²) in [6.07, 6.45) is 3.19. The van der Waals surface area contributed by atoms with Gasteiger partial charge in [-0.15, -0.1) is 6.58 Å². The number of carboxylic acids is 1. The number of ether oxygens (including phenoxy) is 1. The summed E-state index contributed by atoms with van der Waals surface area (Å²) < 4.78 is 5.76. The zero-order chi connectivity index (χ0) is 18.1. The summed E-state index contributed by atoms with van der Waals surface area (Å²) in [7, 11) is 1.84. The van der Waals surface area contributed by atoms with Crippen LogP contribution in [0.3, 0.4) is 0 Å². The Morgan fingerprint density at radius 3 is 2.72 bits per heavy atom. The van der Waals surface area contributed by atoms with Gasteiger partial charge in [0.1, 0.15) is 11.6 Å². The maximum Gasteiger partial charge on any atom is 0.303 e. The van der Waals surface area contributed by atoms with Crippen LogP contribution in [0.5, 0.6) is 5.75 Å². The van der Waals surface area contributed by atoms with E-state index in [4.69, 9.17) is 9.84 Å². The zero-order valence-electron chi connectivity index (χ0n) is 14.4. The van der Waals surface area contributed by atoms with Crippen molar-refractivity contribution in [3.05, 3.63) is 66.4 Å². The molecule has 5 heteroatoms. The van der Waals surface area contributed by atoms with Crippen LogP contribution in [0.1, 0.15) is 17.7 Å². The summed E-state index contributed by atoms with van der Waals surface area (Å²) in [6.45, 7) is 4.26. The predicted molar refractivity (Wildman–Crippen MR) is 99.1 cm³/mol. The first-order valence-electron chi connectivity index (χ1n) is 8.30. The minimum atomic E-state index is -0.805. The van der Waals surface area contributed by atoms with Crippen molar-refractivity contribution in [2.75, 3.05) is 19.0 Å². The maximum atomic E-state index is 10.8. The standard InChI is InChI=1S/C20H24N2O3/c1-3-15(14-20(23)24)13-16-7-9-18(10-8-16)25-12-11-17-5-4-6-19(21-2)22-17/h3-10,15H,1,11-14H2,2H3,(H,21,22)(H,23,24). The van der Waals surface area contributed by atoms with Crippen LogP contribution in [0, 0.1) is 5.92 Å². The van der Waals surface area contributed by atoms with Crippen LogP contribution in [0.4, 0.5) is 5.82 Å². The molecule has 1 atom stereocenters. The molecule has 2 rings (SSSR count). The monoisotopic (exact) mass is 340 g/mol. The molecule has 0 aliphatic carbocycles. The van der Waals surface area contributed by atoms with Gasteiger partial charge in [-0.2, -0.15) is 0 Å². The number of carbonyl (C=O) groups is 1. The number of nitrogens with zero attached hydrogens (tertiary/aromatic N) is 1. The second-order valence-electron chi connectivity index (χ2n) is 5.80. The average Bonchev–Trinajstić information content (AvgIpc) is 2.62. The van der Waals surface area contributed by atoms with Gasteiger partial charge in [0.2, 0.25) is 0 Å². The minimum absolute atomic E-state index is 0.0604. The molecule has 5 nitrogen and oxygen atoms in total. The van der Waals surface area contributed by atoms with Crippen molar-refractivity contribution >= 4 is 11.8 Å². The molecule has 0 aliphatic rings. The first kappa shape index (κ1) is 18.5.